The fraction of sp³-hybridized carbons (Fsp3) is 0.800. The van der Waals surface area contributed by atoms with Crippen molar-refractivity contribution in [2.24, 2.45) is 11.3 Å². The summed E-state index contributed by atoms with van der Waals surface area (Å²) in [5.41, 5.74) is 1.13. The molecule has 0 saturated carbocycles. The number of aliphatic hydroxyl groups excluding tert-OH is 2. The molecule has 2 nitrogen and oxygen atoms in total. The average Bonchev–Trinajstić information content (AvgIpc) is 1.82. The second-order valence-electron chi connectivity index (χ2n) is 4.41. The molecular weight excluding hydrogens is 152 g/mol. The molecule has 0 aromatic carbocycles. The summed E-state index contributed by atoms with van der Waals surface area (Å²) in [5, 5.41) is 18.6. The highest BCUT2D eigenvalue weighted by molar-refractivity contribution is 5.15. The molecule has 0 aliphatic heterocycles. The number of rotatable bonds is 1. The van der Waals surface area contributed by atoms with Gasteiger partial charge in [-0.1, -0.05) is 25.5 Å². The van der Waals surface area contributed by atoms with Gasteiger partial charge >= 0.3 is 0 Å². The van der Waals surface area contributed by atoms with Crippen LogP contribution >= 0.6 is 0 Å². The molecule has 0 bridgehead atoms. The number of hydrogen-bond acceptors (Lipinski definition) is 2. The van der Waals surface area contributed by atoms with Crippen molar-refractivity contribution < 1.29 is 10.2 Å². The van der Waals surface area contributed by atoms with Crippen LogP contribution in [0.5, 0.6) is 0 Å². The standard InChI is InChI=1S/C10H18O2/c1-7-4-8(12)5-10(2,3)9(7)6-11/h4,8-9,11-12H,5-6H2,1-3H3/t8-,9+/m1/s1. The van der Waals surface area contributed by atoms with Gasteiger partial charge in [0.25, 0.3) is 0 Å². The van der Waals surface area contributed by atoms with Crippen molar-refractivity contribution in [2.45, 2.75) is 33.3 Å². The summed E-state index contributed by atoms with van der Waals surface area (Å²) in [7, 11) is 0. The SMILES string of the molecule is CC1=C[C@@H](O)CC(C)(C)[C@H]1CO. The molecule has 2 N–H and O–H groups in total. The van der Waals surface area contributed by atoms with Gasteiger partial charge in [0, 0.05) is 5.92 Å². The van der Waals surface area contributed by atoms with Crippen molar-refractivity contribution in [3.8, 4) is 0 Å². The van der Waals surface area contributed by atoms with Gasteiger partial charge in [0.1, 0.15) is 0 Å². The molecule has 0 unspecified atom stereocenters. The summed E-state index contributed by atoms with van der Waals surface area (Å²) in [6.07, 6.45) is 2.27. The van der Waals surface area contributed by atoms with E-state index in [1.165, 1.54) is 0 Å². The molecule has 70 valence electrons. The predicted octanol–water partition coefficient (Wildman–Crippen LogP) is 1.33. The van der Waals surface area contributed by atoms with Crippen LogP contribution in [0, 0.1) is 11.3 Å². The van der Waals surface area contributed by atoms with E-state index < -0.39 is 0 Å². The van der Waals surface area contributed by atoms with E-state index in [4.69, 9.17) is 5.11 Å². The Morgan fingerprint density at radius 2 is 2.17 bits per heavy atom. The van der Waals surface area contributed by atoms with Crippen molar-refractivity contribution in [3.63, 3.8) is 0 Å². The third-order valence-corrected chi connectivity index (χ3v) is 2.87. The van der Waals surface area contributed by atoms with Crippen LogP contribution in [-0.2, 0) is 0 Å². The van der Waals surface area contributed by atoms with Gasteiger partial charge in [-0.15, -0.1) is 0 Å². The smallest absolute Gasteiger partial charge is 0.0728 e. The molecule has 1 aliphatic rings. The third kappa shape index (κ3) is 1.70. The first-order valence-corrected chi connectivity index (χ1v) is 4.44. The molecule has 0 radical (unpaired) electrons. The summed E-state index contributed by atoms with van der Waals surface area (Å²) < 4.78 is 0. The van der Waals surface area contributed by atoms with E-state index in [-0.39, 0.29) is 24.0 Å². The minimum Gasteiger partial charge on any atom is -0.396 e. The second kappa shape index (κ2) is 3.19. The van der Waals surface area contributed by atoms with E-state index in [9.17, 15) is 5.11 Å². The lowest BCUT2D eigenvalue weighted by atomic mass is 9.68. The first-order chi connectivity index (χ1) is 5.47. The molecule has 1 rings (SSSR count). The predicted molar refractivity (Wildman–Crippen MR) is 48.7 cm³/mol. The van der Waals surface area contributed by atoms with Gasteiger partial charge in [-0.25, -0.2) is 0 Å². The fourth-order valence-corrected chi connectivity index (χ4v) is 2.17. The van der Waals surface area contributed by atoms with Crippen LogP contribution in [0.25, 0.3) is 0 Å². The van der Waals surface area contributed by atoms with Crippen molar-refractivity contribution in [1.29, 1.82) is 0 Å². The topological polar surface area (TPSA) is 40.5 Å². The first kappa shape index (κ1) is 9.75. The zero-order valence-corrected chi connectivity index (χ0v) is 8.04. The van der Waals surface area contributed by atoms with E-state index in [0.29, 0.717) is 0 Å². The minimum absolute atomic E-state index is 0.0208. The van der Waals surface area contributed by atoms with Crippen LogP contribution in [0.1, 0.15) is 27.2 Å². The van der Waals surface area contributed by atoms with Gasteiger partial charge in [0.05, 0.1) is 12.7 Å². The highest BCUT2D eigenvalue weighted by atomic mass is 16.3. The monoisotopic (exact) mass is 170 g/mol. The lowest BCUT2D eigenvalue weighted by Crippen LogP contribution is -2.35. The quantitative estimate of drug-likeness (QED) is 0.583. The van der Waals surface area contributed by atoms with E-state index in [0.717, 1.165) is 12.0 Å². The molecule has 0 fully saturated rings. The zero-order chi connectivity index (χ0) is 9.35. The normalized spacial score (nSPS) is 34.6. The van der Waals surface area contributed by atoms with E-state index in [1.807, 2.05) is 13.0 Å². The first-order valence-electron chi connectivity index (χ1n) is 4.44. The second-order valence-corrected chi connectivity index (χ2v) is 4.41. The molecule has 0 aromatic heterocycles. The molecule has 2 atom stereocenters. The number of hydrogen-bond donors (Lipinski definition) is 2. The Labute approximate surface area is 73.9 Å². The fourth-order valence-electron chi connectivity index (χ4n) is 2.17. The maximum Gasteiger partial charge on any atom is 0.0728 e. The van der Waals surface area contributed by atoms with Gasteiger partial charge < -0.3 is 10.2 Å². The van der Waals surface area contributed by atoms with Crippen molar-refractivity contribution >= 4 is 0 Å². The molecule has 2 heteroatoms. The average molecular weight is 170 g/mol. The Balaban J connectivity index is 2.88. The maximum atomic E-state index is 9.47. The summed E-state index contributed by atoms with van der Waals surface area (Å²) in [6.45, 7) is 6.34. The summed E-state index contributed by atoms with van der Waals surface area (Å²) >= 11 is 0. The number of aliphatic hydroxyl groups is 2. The van der Waals surface area contributed by atoms with Crippen molar-refractivity contribution in [1.82, 2.24) is 0 Å². The van der Waals surface area contributed by atoms with E-state index >= 15 is 0 Å². The molecule has 0 heterocycles. The van der Waals surface area contributed by atoms with Gasteiger partial charge in [-0.3, -0.25) is 0 Å². The Morgan fingerprint density at radius 1 is 1.58 bits per heavy atom. The molecule has 0 spiro atoms. The summed E-state index contributed by atoms with van der Waals surface area (Å²) in [5.74, 6) is 0.209. The Kier molecular flexibility index (Phi) is 2.59. The summed E-state index contributed by atoms with van der Waals surface area (Å²) in [4.78, 5) is 0. The Bertz CT molecular complexity index is 194. The lowest BCUT2D eigenvalue weighted by Gasteiger charge is -2.39. The minimum atomic E-state index is -0.331. The van der Waals surface area contributed by atoms with E-state index in [2.05, 4.69) is 13.8 Å². The molecular formula is C10H18O2. The van der Waals surface area contributed by atoms with Crippen molar-refractivity contribution in [3.05, 3.63) is 11.6 Å². The third-order valence-electron chi connectivity index (χ3n) is 2.87. The molecule has 0 saturated heterocycles. The van der Waals surface area contributed by atoms with Crippen LogP contribution in [-0.4, -0.2) is 22.9 Å². The summed E-state index contributed by atoms with van der Waals surface area (Å²) in [6, 6.07) is 0. The molecule has 12 heavy (non-hydrogen) atoms. The van der Waals surface area contributed by atoms with Crippen LogP contribution in [0.2, 0.25) is 0 Å². The van der Waals surface area contributed by atoms with Gasteiger partial charge in [0.15, 0.2) is 0 Å². The van der Waals surface area contributed by atoms with Crippen molar-refractivity contribution in [2.75, 3.05) is 6.61 Å². The van der Waals surface area contributed by atoms with Crippen LogP contribution in [0.4, 0.5) is 0 Å². The van der Waals surface area contributed by atoms with E-state index in [1.54, 1.807) is 0 Å². The van der Waals surface area contributed by atoms with Gasteiger partial charge in [-0.05, 0) is 18.8 Å². The highest BCUT2D eigenvalue weighted by Gasteiger charge is 2.35. The zero-order valence-electron chi connectivity index (χ0n) is 8.04. The van der Waals surface area contributed by atoms with Crippen LogP contribution < -0.4 is 0 Å². The van der Waals surface area contributed by atoms with Crippen LogP contribution in [0.3, 0.4) is 0 Å². The largest absolute Gasteiger partial charge is 0.396 e. The molecule has 1 aliphatic carbocycles. The van der Waals surface area contributed by atoms with Gasteiger partial charge in [0.2, 0.25) is 0 Å². The van der Waals surface area contributed by atoms with Gasteiger partial charge in [-0.2, -0.15) is 0 Å². The maximum absolute atomic E-state index is 9.47. The molecule has 0 aromatic rings. The highest BCUT2D eigenvalue weighted by Crippen LogP contribution is 2.40. The van der Waals surface area contributed by atoms with Crippen LogP contribution in [0.15, 0.2) is 11.6 Å². The Hall–Kier alpha value is -0.340. The lowest BCUT2D eigenvalue weighted by molar-refractivity contribution is 0.0705. The Morgan fingerprint density at radius 3 is 2.58 bits per heavy atom. The molecule has 0 amide bonds.